The van der Waals surface area contributed by atoms with Gasteiger partial charge in [-0.2, -0.15) is 0 Å². The number of primary amides is 1. The summed E-state index contributed by atoms with van der Waals surface area (Å²) >= 11 is 0. The van der Waals surface area contributed by atoms with Crippen molar-refractivity contribution < 1.29 is 14.4 Å². The second kappa shape index (κ2) is 4.21. The Balaban J connectivity index is 2.55. The fourth-order valence-electron chi connectivity index (χ4n) is 1.38. The molecule has 0 aromatic rings. The quantitative estimate of drug-likeness (QED) is 0.593. The molecule has 1 saturated heterocycles. The fraction of sp³-hybridized carbons (Fsp3) is 0.700. The highest BCUT2D eigenvalue weighted by atomic mass is 16.2. The Kier molecular flexibility index (Phi) is 3.32. The maximum Gasteiger partial charge on any atom is 0.246 e. The number of carbonyl (C=O) groups excluding carboxylic acids is 3. The van der Waals surface area contributed by atoms with Crippen molar-refractivity contribution in [2.24, 2.45) is 11.1 Å². The SMILES string of the molecule is CN1C(=O)CC(NCC(C)(C)C(N)=O)C1=O. The molecular weight excluding hydrogens is 210 g/mol. The summed E-state index contributed by atoms with van der Waals surface area (Å²) in [6.07, 6.45) is 0.143. The zero-order chi connectivity index (χ0) is 12.5. The van der Waals surface area contributed by atoms with Gasteiger partial charge in [-0.15, -0.1) is 0 Å². The molecule has 1 heterocycles. The Labute approximate surface area is 94.2 Å². The molecule has 0 saturated carbocycles. The van der Waals surface area contributed by atoms with Crippen molar-refractivity contribution in [1.82, 2.24) is 10.2 Å². The summed E-state index contributed by atoms with van der Waals surface area (Å²) in [5, 5.41) is 2.90. The second-order valence-corrected chi connectivity index (χ2v) is 4.68. The topological polar surface area (TPSA) is 92.5 Å². The van der Waals surface area contributed by atoms with Crippen molar-refractivity contribution in [3.63, 3.8) is 0 Å². The average Bonchev–Trinajstić information content (AvgIpc) is 2.43. The van der Waals surface area contributed by atoms with Gasteiger partial charge in [0.25, 0.3) is 0 Å². The van der Waals surface area contributed by atoms with E-state index in [0.717, 1.165) is 4.90 Å². The van der Waals surface area contributed by atoms with Gasteiger partial charge in [0.2, 0.25) is 17.7 Å². The third kappa shape index (κ3) is 2.38. The van der Waals surface area contributed by atoms with Crippen LogP contribution in [-0.2, 0) is 14.4 Å². The number of rotatable bonds is 4. The van der Waals surface area contributed by atoms with Crippen LogP contribution in [0.2, 0.25) is 0 Å². The maximum atomic E-state index is 11.5. The van der Waals surface area contributed by atoms with Crippen LogP contribution in [0.3, 0.4) is 0 Å². The lowest BCUT2D eigenvalue weighted by atomic mass is 9.92. The molecule has 0 aliphatic carbocycles. The van der Waals surface area contributed by atoms with Crippen LogP contribution in [0, 0.1) is 5.41 Å². The lowest BCUT2D eigenvalue weighted by Gasteiger charge is -2.22. The van der Waals surface area contributed by atoms with Crippen LogP contribution in [0.25, 0.3) is 0 Å². The van der Waals surface area contributed by atoms with Crippen LogP contribution in [0.1, 0.15) is 20.3 Å². The minimum atomic E-state index is -0.732. The Morgan fingerprint density at radius 2 is 2.12 bits per heavy atom. The fourth-order valence-corrected chi connectivity index (χ4v) is 1.38. The van der Waals surface area contributed by atoms with Gasteiger partial charge in [-0.1, -0.05) is 0 Å². The van der Waals surface area contributed by atoms with Crippen LogP contribution >= 0.6 is 0 Å². The predicted octanol–water partition coefficient (Wildman–Crippen LogP) is -1.16. The maximum absolute atomic E-state index is 11.5. The molecule has 3 N–H and O–H groups in total. The van der Waals surface area contributed by atoms with Crippen LogP contribution < -0.4 is 11.1 Å². The number of amides is 3. The molecule has 16 heavy (non-hydrogen) atoms. The molecule has 1 fully saturated rings. The Hall–Kier alpha value is -1.43. The molecule has 0 radical (unpaired) electrons. The Morgan fingerprint density at radius 1 is 1.56 bits per heavy atom. The number of hydrogen-bond acceptors (Lipinski definition) is 4. The average molecular weight is 227 g/mol. The van der Waals surface area contributed by atoms with E-state index in [9.17, 15) is 14.4 Å². The molecule has 1 aliphatic rings. The first kappa shape index (κ1) is 12.6. The summed E-state index contributed by atoms with van der Waals surface area (Å²) < 4.78 is 0. The van der Waals surface area contributed by atoms with Crippen molar-refractivity contribution in [2.45, 2.75) is 26.3 Å². The van der Waals surface area contributed by atoms with E-state index in [0.29, 0.717) is 0 Å². The van der Waals surface area contributed by atoms with Crippen molar-refractivity contribution in [3.05, 3.63) is 0 Å². The molecule has 3 amide bonds. The number of nitrogens with two attached hydrogens (primary N) is 1. The predicted molar refractivity (Wildman–Crippen MR) is 57.2 cm³/mol. The molecule has 1 unspecified atom stereocenters. The van der Waals surface area contributed by atoms with Gasteiger partial charge in [0.05, 0.1) is 17.9 Å². The van der Waals surface area contributed by atoms with Gasteiger partial charge >= 0.3 is 0 Å². The molecule has 90 valence electrons. The molecule has 1 rings (SSSR count). The van der Waals surface area contributed by atoms with E-state index >= 15 is 0 Å². The molecule has 0 bridgehead atoms. The normalized spacial score (nSPS) is 21.7. The van der Waals surface area contributed by atoms with Crippen molar-refractivity contribution in [3.8, 4) is 0 Å². The molecule has 0 spiro atoms. The number of likely N-dealkylation sites (N-methyl/N-ethyl adjacent to an activating group) is 1. The molecule has 0 aromatic heterocycles. The minimum Gasteiger partial charge on any atom is -0.369 e. The number of likely N-dealkylation sites (tertiary alicyclic amines) is 1. The van der Waals surface area contributed by atoms with Crippen LogP contribution in [-0.4, -0.2) is 42.3 Å². The highest BCUT2D eigenvalue weighted by Crippen LogP contribution is 2.15. The molecule has 1 aliphatic heterocycles. The van der Waals surface area contributed by atoms with Crippen LogP contribution in [0.4, 0.5) is 0 Å². The van der Waals surface area contributed by atoms with Crippen molar-refractivity contribution in [1.29, 1.82) is 0 Å². The number of hydrogen-bond donors (Lipinski definition) is 2. The van der Waals surface area contributed by atoms with Gasteiger partial charge in [-0.3, -0.25) is 19.3 Å². The summed E-state index contributed by atoms with van der Waals surface area (Å²) in [4.78, 5) is 34.9. The second-order valence-electron chi connectivity index (χ2n) is 4.68. The highest BCUT2D eigenvalue weighted by Gasteiger charge is 2.37. The van der Waals surface area contributed by atoms with E-state index in [2.05, 4.69) is 5.32 Å². The lowest BCUT2D eigenvalue weighted by molar-refractivity contribution is -0.137. The standard InChI is InChI=1S/C10H17N3O3/c1-10(2,9(11)16)5-12-6-4-7(14)13(3)8(6)15/h6,12H,4-5H2,1-3H3,(H2,11,16). The summed E-state index contributed by atoms with van der Waals surface area (Å²) in [6.45, 7) is 3.65. The molecule has 0 aromatic carbocycles. The van der Waals surface area contributed by atoms with Gasteiger partial charge in [-0.25, -0.2) is 0 Å². The van der Waals surface area contributed by atoms with Gasteiger partial charge in [0.15, 0.2) is 0 Å². The summed E-state index contributed by atoms with van der Waals surface area (Å²) in [7, 11) is 1.45. The van der Waals surface area contributed by atoms with E-state index in [-0.39, 0.29) is 24.8 Å². The number of nitrogens with zero attached hydrogens (tertiary/aromatic N) is 1. The summed E-state index contributed by atoms with van der Waals surface area (Å²) in [6, 6.07) is -0.531. The van der Waals surface area contributed by atoms with E-state index in [4.69, 9.17) is 5.73 Å². The number of nitrogens with one attached hydrogen (secondary N) is 1. The van der Waals surface area contributed by atoms with E-state index in [1.165, 1.54) is 7.05 Å². The zero-order valence-electron chi connectivity index (χ0n) is 9.74. The van der Waals surface area contributed by atoms with Gasteiger partial charge < -0.3 is 11.1 Å². The Morgan fingerprint density at radius 3 is 2.50 bits per heavy atom. The van der Waals surface area contributed by atoms with Crippen LogP contribution in [0.15, 0.2) is 0 Å². The third-order valence-corrected chi connectivity index (χ3v) is 2.84. The van der Waals surface area contributed by atoms with Crippen molar-refractivity contribution >= 4 is 17.7 Å². The molecule has 6 nitrogen and oxygen atoms in total. The first-order valence-electron chi connectivity index (χ1n) is 5.09. The zero-order valence-corrected chi connectivity index (χ0v) is 9.74. The van der Waals surface area contributed by atoms with Gasteiger partial charge in [0.1, 0.15) is 0 Å². The van der Waals surface area contributed by atoms with Crippen molar-refractivity contribution in [2.75, 3.05) is 13.6 Å². The first-order valence-corrected chi connectivity index (χ1v) is 5.09. The Bertz CT molecular complexity index is 338. The smallest absolute Gasteiger partial charge is 0.246 e. The molecule has 6 heteroatoms. The van der Waals surface area contributed by atoms with E-state index in [1.807, 2.05) is 0 Å². The molecular formula is C10H17N3O3. The van der Waals surface area contributed by atoms with Crippen LogP contribution in [0.5, 0.6) is 0 Å². The lowest BCUT2D eigenvalue weighted by Crippen LogP contribution is -2.46. The van der Waals surface area contributed by atoms with Gasteiger partial charge in [-0.05, 0) is 13.8 Å². The largest absolute Gasteiger partial charge is 0.369 e. The van der Waals surface area contributed by atoms with E-state index < -0.39 is 17.4 Å². The number of carbonyl (C=O) groups is 3. The van der Waals surface area contributed by atoms with Gasteiger partial charge in [0, 0.05) is 13.6 Å². The summed E-state index contributed by atoms with van der Waals surface area (Å²) in [5.74, 6) is -0.908. The number of imide groups is 1. The first-order chi connectivity index (χ1) is 7.25. The van der Waals surface area contributed by atoms with E-state index in [1.54, 1.807) is 13.8 Å². The monoisotopic (exact) mass is 227 g/mol. The summed E-state index contributed by atoms with van der Waals surface area (Å²) in [5.41, 5.74) is 4.47. The third-order valence-electron chi connectivity index (χ3n) is 2.84. The minimum absolute atomic E-state index is 0.143. The molecule has 1 atom stereocenters. The highest BCUT2D eigenvalue weighted by molar-refractivity contribution is 6.05.